The van der Waals surface area contributed by atoms with Gasteiger partial charge in [0.15, 0.2) is 13.9 Å². The van der Waals surface area contributed by atoms with Gasteiger partial charge in [0.05, 0.1) is 20.3 Å². The van der Waals surface area contributed by atoms with E-state index in [-0.39, 0.29) is 17.2 Å². The molecule has 1 fully saturated rings. The van der Waals surface area contributed by atoms with E-state index in [1.165, 1.54) is 7.11 Å². The highest BCUT2D eigenvalue weighted by molar-refractivity contribution is 6.74. The van der Waals surface area contributed by atoms with Crippen LogP contribution in [0.25, 0.3) is 0 Å². The second-order valence-electron chi connectivity index (χ2n) is 8.68. The number of rotatable bonds is 7. The number of ether oxygens (including phenoxy) is 2. The number of hydrogen-bond donors (Lipinski definition) is 1. The van der Waals surface area contributed by atoms with E-state index < -0.39 is 31.8 Å². The molecular formula is C21H31NO5Si. The Morgan fingerprint density at radius 2 is 1.86 bits per heavy atom. The van der Waals surface area contributed by atoms with E-state index in [9.17, 15) is 9.59 Å². The van der Waals surface area contributed by atoms with E-state index >= 15 is 0 Å². The molecule has 28 heavy (non-hydrogen) atoms. The highest BCUT2D eigenvalue weighted by Gasteiger charge is 2.59. The molecule has 1 amide bonds. The van der Waals surface area contributed by atoms with Crippen LogP contribution in [0.3, 0.4) is 0 Å². The third-order valence-corrected chi connectivity index (χ3v) is 10.0. The van der Waals surface area contributed by atoms with Gasteiger partial charge < -0.3 is 19.2 Å². The molecule has 0 aliphatic carbocycles. The summed E-state index contributed by atoms with van der Waals surface area (Å²) in [5, 5.41) is 2.63. The molecule has 0 aromatic heterocycles. The Morgan fingerprint density at radius 1 is 1.25 bits per heavy atom. The maximum Gasteiger partial charge on any atom is 0.337 e. The molecule has 1 heterocycles. The van der Waals surface area contributed by atoms with Gasteiger partial charge in [0.25, 0.3) is 0 Å². The van der Waals surface area contributed by atoms with Gasteiger partial charge >= 0.3 is 5.97 Å². The van der Waals surface area contributed by atoms with Crippen LogP contribution in [0.2, 0.25) is 18.1 Å². The molecule has 0 bridgehead atoms. The molecule has 7 heteroatoms. The van der Waals surface area contributed by atoms with Gasteiger partial charge in [-0.25, -0.2) is 4.79 Å². The van der Waals surface area contributed by atoms with E-state index in [1.807, 2.05) is 30.3 Å². The SMILES string of the molecule is C=C1C(=O)N[C@@](COCc2ccccc2)(C(=O)OC)[C@H]1O[Si](C)(C)C(C)(C)C. The number of hydrogen-bond acceptors (Lipinski definition) is 5. The molecule has 2 rings (SSSR count). The average molecular weight is 406 g/mol. The van der Waals surface area contributed by atoms with E-state index in [0.29, 0.717) is 6.61 Å². The van der Waals surface area contributed by atoms with E-state index in [4.69, 9.17) is 13.9 Å². The van der Waals surface area contributed by atoms with Crippen molar-refractivity contribution >= 4 is 20.2 Å². The largest absolute Gasteiger partial charge is 0.467 e. The summed E-state index contributed by atoms with van der Waals surface area (Å²) in [5.74, 6) is -1.02. The molecule has 0 spiro atoms. The topological polar surface area (TPSA) is 73.9 Å². The van der Waals surface area contributed by atoms with Crippen molar-refractivity contribution in [3.63, 3.8) is 0 Å². The fourth-order valence-corrected chi connectivity index (χ4v) is 4.11. The number of amides is 1. The minimum atomic E-state index is -2.31. The highest BCUT2D eigenvalue weighted by Crippen LogP contribution is 2.41. The molecule has 1 aliphatic rings. The first-order chi connectivity index (χ1) is 12.9. The molecule has 6 nitrogen and oxygen atoms in total. The number of methoxy groups -OCH3 is 1. The van der Waals surface area contributed by atoms with Crippen LogP contribution in [0.1, 0.15) is 26.3 Å². The highest BCUT2D eigenvalue weighted by atomic mass is 28.4. The number of benzene rings is 1. The van der Waals surface area contributed by atoms with Crippen LogP contribution in [0.5, 0.6) is 0 Å². The van der Waals surface area contributed by atoms with E-state index in [2.05, 4.69) is 45.8 Å². The molecule has 1 saturated heterocycles. The molecule has 0 radical (unpaired) electrons. The number of esters is 1. The van der Waals surface area contributed by atoms with Gasteiger partial charge in [0.1, 0.15) is 6.10 Å². The first-order valence-corrected chi connectivity index (χ1v) is 12.2. The Bertz CT molecular complexity index is 741. The second-order valence-corrected chi connectivity index (χ2v) is 13.4. The minimum Gasteiger partial charge on any atom is -0.467 e. The summed E-state index contributed by atoms with van der Waals surface area (Å²) in [6.07, 6.45) is -0.843. The molecule has 1 aliphatic heterocycles. The average Bonchev–Trinajstić information content (AvgIpc) is 2.86. The Labute approximate surface area is 168 Å². The van der Waals surface area contributed by atoms with Crippen molar-refractivity contribution in [1.29, 1.82) is 0 Å². The first-order valence-electron chi connectivity index (χ1n) is 9.34. The molecule has 1 aromatic rings. The van der Waals surface area contributed by atoms with Crippen molar-refractivity contribution < 1.29 is 23.5 Å². The summed E-state index contributed by atoms with van der Waals surface area (Å²) in [5.41, 5.74) is -0.265. The maximum atomic E-state index is 12.8. The quantitative estimate of drug-likeness (QED) is 0.428. The zero-order chi connectivity index (χ0) is 21.2. The summed E-state index contributed by atoms with van der Waals surface area (Å²) < 4.78 is 17.3. The Morgan fingerprint density at radius 3 is 2.39 bits per heavy atom. The van der Waals surface area contributed by atoms with Gasteiger partial charge in [0, 0.05) is 5.57 Å². The van der Waals surface area contributed by atoms with Crippen molar-refractivity contribution in [3.05, 3.63) is 48.0 Å². The lowest BCUT2D eigenvalue weighted by Gasteiger charge is -2.42. The predicted octanol–water partition coefficient (Wildman–Crippen LogP) is 3.19. The number of carbonyl (C=O) groups excluding carboxylic acids is 2. The molecule has 0 saturated carbocycles. The maximum absolute atomic E-state index is 12.8. The van der Waals surface area contributed by atoms with Gasteiger partial charge in [-0.15, -0.1) is 0 Å². The van der Waals surface area contributed by atoms with E-state index in [1.54, 1.807) is 0 Å². The van der Waals surface area contributed by atoms with Crippen molar-refractivity contribution in [2.45, 2.75) is 57.2 Å². The first kappa shape index (κ1) is 22.3. The monoisotopic (exact) mass is 405 g/mol. The van der Waals surface area contributed by atoms with Crippen LogP contribution in [0.4, 0.5) is 0 Å². The van der Waals surface area contributed by atoms with Crippen LogP contribution in [0.15, 0.2) is 42.5 Å². The molecule has 0 unspecified atom stereocenters. The molecular weight excluding hydrogens is 374 g/mol. The fraction of sp³-hybridized carbons (Fsp3) is 0.524. The lowest BCUT2D eigenvalue weighted by molar-refractivity contribution is -0.155. The molecule has 154 valence electrons. The van der Waals surface area contributed by atoms with Crippen molar-refractivity contribution in [1.82, 2.24) is 5.32 Å². The van der Waals surface area contributed by atoms with E-state index in [0.717, 1.165) is 5.56 Å². The van der Waals surface area contributed by atoms with Crippen molar-refractivity contribution in [3.8, 4) is 0 Å². The third-order valence-electron chi connectivity index (χ3n) is 5.60. The molecule has 1 N–H and O–H groups in total. The minimum absolute atomic E-state index is 0.0708. The van der Waals surface area contributed by atoms with Gasteiger partial charge in [-0.3, -0.25) is 4.79 Å². The smallest absolute Gasteiger partial charge is 0.337 e. The summed E-state index contributed by atoms with van der Waals surface area (Å²) in [6, 6.07) is 9.61. The summed E-state index contributed by atoms with van der Waals surface area (Å²) in [4.78, 5) is 25.2. The van der Waals surface area contributed by atoms with Gasteiger partial charge in [-0.2, -0.15) is 0 Å². The van der Waals surface area contributed by atoms with Crippen molar-refractivity contribution in [2.75, 3.05) is 13.7 Å². The lowest BCUT2D eigenvalue weighted by Crippen LogP contribution is -2.62. The standard InChI is InChI=1S/C21H31NO5Si/c1-15-17(27-28(6,7)20(2,3)4)21(19(24)25-5,22-18(15)23)14-26-13-16-11-9-8-10-12-16/h8-12,17H,1,13-14H2,2-7H3,(H,22,23)/t17-,21+/m0/s1. The van der Waals surface area contributed by atoms with Crippen LogP contribution in [0, 0.1) is 0 Å². The van der Waals surface area contributed by atoms with Gasteiger partial charge in [-0.1, -0.05) is 57.7 Å². The lowest BCUT2D eigenvalue weighted by atomic mass is 9.93. The fourth-order valence-electron chi connectivity index (χ4n) is 2.82. The predicted molar refractivity (Wildman–Crippen MR) is 110 cm³/mol. The summed E-state index contributed by atoms with van der Waals surface area (Å²) in [7, 11) is -1.02. The van der Waals surface area contributed by atoms with Crippen LogP contribution in [-0.2, 0) is 30.1 Å². The molecule has 1 aromatic carbocycles. The Hall–Kier alpha value is -1.96. The van der Waals surface area contributed by atoms with Crippen LogP contribution < -0.4 is 5.32 Å². The zero-order valence-electron chi connectivity index (χ0n) is 17.6. The van der Waals surface area contributed by atoms with Crippen molar-refractivity contribution in [2.24, 2.45) is 0 Å². The Kier molecular flexibility index (Phi) is 6.53. The van der Waals surface area contributed by atoms with Gasteiger partial charge in [0.2, 0.25) is 5.91 Å². The molecule has 2 atom stereocenters. The number of nitrogens with one attached hydrogen (secondary N) is 1. The Balaban J connectivity index is 2.31. The number of carbonyl (C=O) groups is 2. The summed E-state index contributed by atoms with van der Waals surface area (Å²) in [6.45, 7) is 14.5. The van der Waals surface area contributed by atoms with Crippen LogP contribution in [-0.4, -0.2) is 45.6 Å². The zero-order valence-corrected chi connectivity index (χ0v) is 18.6. The van der Waals surface area contributed by atoms with Gasteiger partial charge in [-0.05, 0) is 23.7 Å². The normalized spacial score (nSPS) is 22.9. The second kappa shape index (κ2) is 8.19. The summed E-state index contributed by atoms with van der Waals surface area (Å²) >= 11 is 0. The van der Waals surface area contributed by atoms with Crippen LogP contribution >= 0.6 is 0 Å². The third kappa shape index (κ3) is 4.37.